The lowest BCUT2D eigenvalue weighted by Crippen LogP contribution is -2.16. The van der Waals surface area contributed by atoms with Gasteiger partial charge in [-0.3, -0.25) is 4.79 Å². The van der Waals surface area contributed by atoms with E-state index in [2.05, 4.69) is 5.32 Å². The molecular formula is C14H9F2NO3. The Balaban J connectivity index is 2.28. The molecule has 6 heteroatoms. The molecule has 0 saturated carbocycles. The van der Waals surface area contributed by atoms with Gasteiger partial charge in [-0.05, 0) is 24.3 Å². The Kier molecular flexibility index (Phi) is 3.74. The van der Waals surface area contributed by atoms with E-state index in [0.29, 0.717) is 0 Å². The van der Waals surface area contributed by atoms with Crippen LogP contribution in [0.1, 0.15) is 20.7 Å². The predicted octanol–water partition coefficient (Wildman–Crippen LogP) is 2.92. The van der Waals surface area contributed by atoms with E-state index in [0.717, 1.165) is 12.1 Å². The van der Waals surface area contributed by atoms with E-state index in [9.17, 15) is 18.4 Å². The van der Waals surface area contributed by atoms with Crippen LogP contribution in [0.5, 0.6) is 0 Å². The van der Waals surface area contributed by atoms with E-state index in [4.69, 9.17) is 5.11 Å². The molecule has 2 rings (SSSR count). The fraction of sp³-hybridized carbons (Fsp3) is 0. The van der Waals surface area contributed by atoms with Crippen LogP contribution in [0.15, 0.2) is 42.5 Å². The number of aromatic carboxylic acids is 1. The Hall–Kier alpha value is -2.76. The van der Waals surface area contributed by atoms with E-state index in [1.165, 1.54) is 30.3 Å². The third-order valence-corrected chi connectivity index (χ3v) is 2.58. The van der Waals surface area contributed by atoms with Gasteiger partial charge in [-0.2, -0.15) is 0 Å². The molecule has 20 heavy (non-hydrogen) atoms. The highest BCUT2D eigenvalue weighted by Gasteiger charge is 2.16. The fourth-order valence-electron chi connectivity index (χ4n) is 1.64. The van der Waals surface area contributed by atoms with E-state index < -0.39 is 23.5 Å². The van der Waals surface area contributed by atoms with Crippen LogP contribution in [0.2, 0.25) is 0 Å². The molecule has 0 unspecified atom stereocenters. The van der Waals surface area contributed by atoms with Crippen molar-refractivity contribution in [2.24, 2.45) is 0 Å². The summed E-state index contributed by atoms with van der Waals surface area (Å²) in [5.74, 6) is -4.10. The van der Waals surface area contributed by atoms with Gasteiger partial charge in [0.15, 0.2) is 11.6 Å². The van der Waals surface area contributed by atoms with Gasteiger partial charge in [-0.1, -0.05) is 12.1 Å². The lowest BCUT2D eigenvalue weighted by molar-refractivity contribution is 0.0692. The normalized spacial score (nSPS) is 10.1. The first-order valence-electron chi connectivity index (χ1n) is 5.58. The van der Waals surface area contributed by atoms with Gasteiger partial charge < -0.3 is 10.4 Å². The minimum Gasteiger partial charge on any atom is -0.478 e. The first-order valence-corrected chi connectivity index (χ1v) is 5.58. The second kappa shape index (κ2) is 5.48. The third kappa shape index (κ3) is 2.80. The maximum atomic E-state index is 13.0. The topological polar surface area (TPSA) is 66.4 Å². The zero-order valence-electron chi connectivity index (χ0n) is 10.1. The molecule has 0 heterocycles. The summed E-state index contributed by atoms with van der Waals surface area (Å²) >= 11 is 0. The standard InChI is InChI=1S/C14H9F2NO3/c15-11-6-5-8(7-12(11)16)17-13(18)9-3-1-2-4-10(9)14(19)20/h1-7H,(H,17,18)(H,19,20). The second-order valence-electron chi connectivity index (χ2n) is 3.93. The molecule has 0 atom stereocenters. The van der Waals surface area contributed by atoms with Gasteiger partial charge in [0.25, 0.3) is 5.91 Å². The zero-order chi connectivity index (χ0) is 14.7. The summed E-state index contributed by atoms with van der Waals surface area (Å²) in [6, 6.07) is 8.47. The summed E-state index contributed by atoms with van der Waals surface area (Å²) in [7, 11) is 0. The molecule has 0 radical (unpaired) electrons. The number of nitrogens with one attached hydrogen (secondary N) is 1. The SMILES string of the molecule is O=C(O)c1ccccc1C(=O)Nc1ccc(F)c(F)c1. The highest BCUT2D eigenvalue weighted by atomic mass is 19.2. The minimum atomic E-state index is -1.25. The van der Waals surface area contributed by atoms with Crippen molar-refractivity contribution in [3.8, 4) is 0 Å². The number of halogens is 2. The minimum absolute atomic E-state index is 0.0362. The first kappa shape index (κ1) is 13.7. The summed E-state index contributed by atoms with van der Waals surface area (Å²) in [6.07, 6.45) is 0. The lowest BCUT2D eigenvalue weighted by atomic mass is 10.1. The van der Waals surface area contributed by atoms with Gasteiger partial charge in [0.05, 0.1) is 11.1 Å². The molecule has 0 fully saturated rings. The summed E-state index contributed by atoms with van der Waals surface area (Å²) in [4.78, 5) is 22.9. The van der Waals surface area contributed by atoms with Crippen LogP contribution in [0.3, 0.4) is 0 Å². The maximum absolute atomic E-state index is 13.0. The first-order chi connectivity index (χ1) is 9.49. The lowest BCUT2D eigenvalue weighted by Gasteiger charge is -2.08. The third-order valence-electron chi connectivity index (χ3n) is 2.58. The zero-order valence-corrected chi connectivity index (χ0v) is 10.1. The van der Waals surface area contributed by atoms with E-state index in [-0.39, 0.29) is 16.8 Å². The Morgan fingerprint density at radius 3 is 2.20 bits per heavy atom. The van der Waals surface area contributed by atoms with Gasteiger partial charge >= 0.3 is 5.97 Å². The van der Waals surface area contributed by atoms with Crippen molar-refractivity contribution < 1.29 is 23.5 Å². The van der Waals surface area contributed by atoms with Gasteiger partial charge in [-0.15, -0.1) is 0 Å². The number of carbonyl (C=O) groups is 2. The van der Waals surface area contributed by atoms with Crippen LogP contribution in [0, 0.1) is 11.6 Å². The average Bonchev–Trinajstić information content (AvgIpc) is 2.43. The molecule has 0 spiro atoms. The second-order valence-corrected chi connectivity index (χ2v) is 3.93. The van der Waals surface area contributed by atoms with Crippen LogP contribution in [-0.4, -0.2) is 17.0 Å². The molecular weight excluding hydrogens is 268 g/mol. The summed E-state index contributed by atoms with van der Waals surface area (Å²) in [5, 5.41) is 11.3. The van der Waals surface area contributed by atoms with Gasteiger partial charge in [0.2, 0.25) is 0 Å². The quantitative estimate of drug-likeness (QED) is 0.906. The Morgan fingerprint density at radius 1 is 0.950 bits per heavy atom. The predicted molar refractivity (Wildman–Crippen MR) is 67.7 cm³/mol. The smallest absolute Gasteiger partial charge is 0.336 e. The van der Waals surface area contributed by atoms with Crippen molar-refractivity contribution in [1.29, 1.82) is 0 Å². The average molecular weight is 277 g/mol. The molecule has 0 aliphatic heterocycles. The molecule has 2 aromatic carbocycles. The van der Waals surface area contributed by atoms with Gasteiger partial charge in [0.1, 0.15) is 0 Å². The number of hydrogen-bond acceptors (Lipinski definition) is 2. The molecule has 0 saturated heterocycles. The number of carboxylic acids is 1. The van der Waals surface area contributed by atoms with Crippen LogP contribution in [-0.2, 0) is 0 Å². The van der Waals surface area contributed by atoms with Crippen molar-refractivity contribution in [3.05, 3.63) is 65.2 Å². The summed E-state index contributed by atoms with van der Waals surface area (Å²) in [6.45, 7) is 0. The molecule has 0 bridgehead atoms. The van der Waals surface area contributed by atoms with Crippen molar-refractivity contribution in [2.75, 3.05) is 5.32 Å². The molecule has 0 aliphatic rings. The van der Waals surface area contributed by atoms with Crippen molar-refractivity contribution in [2.45, 2.75) is 0 Å². The number of hydrogen-bond donors (Lipinski definition) is 2. The largest absolute Gasteiger partial charge is 0.478 e. The Bertz CT molecular complexity index is 686. The van der Waals surface area contributed by atoms with Crippen LogP contribution in [0.25, 0.3) is 0 Å². The summed E-state index contributed by atoms with van der Waals surface area (Å²) < 4.78 is 25.8. The highest BCUT2D eigenvalue weighted by Crippen LogP contribution is 2.16. The monoisotopic (exact) mass is 277 g/mol. The van der Waals surface area contributed by atoms with Crippen LogP contribution in [0.4, 0.5) is 14.5 Å². The summed E-state index contributed by atoms with van der Waals surface area (Å²) in [5.41, 5.74) is -0.202. The molecule has 1 amide bonds. The van der Waals surface area contributed by atoms with Crippen molar-refractivity contribution >= 4 is 17.6 Å². The van der Waals surface area contributed by atoms with Crippen LogP contribution < -0.4 is 5.32 Å². The van der Waals surface area contributed by atoms with Crippen molar-refractivity contribution in [1.82, 2.24) is 0 Å². The molecule has 0 aromatic heterocycles. The number of anilines is 1. The van der Waals surface area contributed by atoms with Gasteiger partial charge in [0, 0.05) is 11.8 Å². The van der Waals surface area contributed by atoms with E-state index in [1.54, 1.807) is 0 Å². The molecule has 2 aromatic rings. The van der Waals surface area contributed by atoms with Crippen molar-refractivity contribution in [3.63, 3.8) is 0 Å². The number of amides is 1. The number of carbonyl (C=O) groups excluding carboxylic acids is 1. The fourth-order valence-corrected chi connectivity index (χ4v) is 1.64. The molecule has 2 N–H and O–H groups in total. The maximum Gasteiger partial charge on any atom is 0.336 e. The number of benzene rings is 2. The Labute approximate surface area is 112 Å². The molecule has 0 aliphatic carbocycles. The van der Waals surface area contributed by atoms with Crippen LogP contribution >= 0.6 is 0 Å². The highest BCUT2D eigenvalue weighted by molar-refractivity contribution is 6.10. The van der Waals surface area contributed by atoms with Gasteiger partial charge in [-0.25, -0.2) is 13.6 Å². The number of carboxylic acid groups (broad SMARTS) is 1. The molecule has 4 nitrogen and oxygen atoms in total. The van der Waals surface area contributed by atoms with E-state index >= 15 is 0 Å². The molecule has 102 valence electrons. The Morgan fingerprint density at radius 2 is 1.60 bits per heavy atom. The van der Waals surface area contributed by atoms with E-state index in [1.807, 2.05) is 0 Å². The number of rotatable bonds is 3.